The molecule has 2 fully saturated rings. The summed E-state index contributed by atoms with van der Waals surface area (Å²) in [5.74, 6) is 0.465. The van der Waals surface area contributed by atoms with Crippen LogP contribution in [0.15, 0.2) is 48.7 Å². The summed E-state index contributed by atoms with van der Waals surface area (Å²) in [6.07, 6.45) is 4.16. The number of methoxy groups -OCH3 is 1. The maximum Gasteiger partial charge on any atom is 0.254 e. The normalized spacial score (nSPS) is 17.2. The minimum atomic E-state index is -0.407. The zero-order valence-corrected chi connectivity index (χ0v) is 22.0. The van der Waals surface area contributed by atoms with Gasteiger partial charge in [-0.2, -0.15) is 0 Å². The number of nitrogens with one attached hydrogen (secondary N) is 1. The second-order valence-corrected chi connectivity index (χ2v) is 10.1. The molecule has 5 rings (SSSR count). The third-order valence-electron chi connectivity index (χ3n) is 7.71. The number of halogens is 1. The first-order valence-electron chi connectivity index (χ1n) is 13.4. The lowest BCUT2D eigenvalue weighted by atomic mass is 10.1. The van der Waals surface area contributed by atoms with Crippen molar-refractivity contribution in [2.75, 3.05) is 72.6 Å². The van der Waals surface area contributed by atoms with Crippen molar-refractivity contribution in [2.24, 2.45) is 0 Å². The van der Waals surface area contributed by atoms with Gasteiger partial charge in [-0.25, -0.2) is 4.39 Å². The number of H-pyrrole nitrogens is 1. The Labute approximate surface area is 222 Å². The van der Waals surface area contributed by atoms with E-state index in [4.69, 9.17) is 4.74 Å². The molecule has 2 aliphatic rings. The predicted molar refractivity (Wildman–Crippen MR) is 145 cm³/mol. The molecule has 0 spiro atoms. The summed E-state index contributed by atoms with van der Waals surface area (Å²) >= 11 is 0. The highest BCUT2D eigenvalue weighted by Gasteiger charge is 2.26. The Morgan fingerprint density at radius 2 is 1.66 bits per heavy atom. The molecular formula is C29H36FN5O3. The van der Waals surface area contributed by atoms with E-state index in [1.807, 2.05) is 11.0 Å². The summed E-state index contributed by atoms with van der Waals surface area (Å²) < 4.78 is 18.8. The van der Waals surface area contributed by atoms with Gasteiger partial charge in [-0.05, 0) is 61.3 Å². The largest absolute Gasteiger partial charge is 0.497 e. The van der Waals surface area contributed by atoms with Gasteiger partial charge in [0.1, 0.15) is 11.6 Å². The van der Waals surface area contributed by atoms with Crippen LogP contribution in [0.25, 0.3) is 10.9 Å². The molecule has 202 valence electrons. The molecule has 3 heterocycles. The highest BCUT2D eigenvalue weighted by Crippen LogP contribution is 2.24. The summed E-state index contributed by atoms with van der Waals surface area (Å²) in [7, 11) is 1.69. The number of nitrogens with zero attached hydrogens (tertiary/aromatic N) is 4. The van der Waals surface area contributed by atoms with Crippen LogP contribution in [0.2, 0.25) is 0 Å². The number of hydrogen-bond donors (Lipinski definition) is 1. The Morgan fingerprint density at radius 3 is 2.39 bits per heavy atom. The number of piperazine rings is 2. The third-order valence-corrected chi connectivity index (χ3v) is 7.71. The van der Waals surface area contributed by atoms with Crippen molar-refractivity contribution in [1.82, 2.24) is 24.6 Å². The van der Waals surface area contributed by atoms with Crippen LogP contribution in [0.5, 0.6) is 5.75 Å². The SMILES string of the molecule is COc1ccc2[nH]cc(CCCN3CCN(C(=O)CN4CCN(C(=O)c5cccc(F)c5)CC4)CC3)c2c1. The molecule has 3 aromatic rings. The van der Waals surface area contributed by atoms with Crippen molar-refractivity contribution in [3.63, 3.8) is 0 Å². The average molecular weight is 522 g/mol. The molecule has 1 aromatic heterocycles. The topological polar surface area (TPSA) is 72.1 Å². The monoisotopic (exact) mass is 521 g/mol. The van der Waals surface area contributed by atoms with Crippen molar-refractivity contribution in [2.45, 2.75) is 12.8 Å². The lowest BCUT2D eigenvalue weighted by molar-refractivity contribution is -0.134. The van der Waals surface area contributed by atoms with Gasteiger partial charge in [0.15, 0.2) is 0 Å². The van der Waals surface area contributed by atoms with Crippen LogP contribution >= 0.6 is 0 Å². The lowest BCUT2D eigenvalue weighted by Crippen LogP contribution is -2.54. The molecule has 2 amide bonds. The molecule has 2 saturated heterocycles. The van der Waals surface area contributed by atoms with Crippen molar-refractivity contribution in [3.05, 3.63) is 65.6 Å². The number of carbonyl (C=O) groups is 2. The predicted octanol–water partition coefficient (Wildman–Crippen LogP) is 2.85. The molecule has 0 unspecified atom stereocenters. The van der Waals surface area contributed by atoms with Crippen molar-refractivity contribution in [1.29, 1.82) is 0 Å². The number of aromatic amines is 1. The van der Waals surface area contributed by atoms with E-state index in [0.717, 1.165) is 56.8 Å². The number of fused-ring (bicyclic) bond motifs is 1. The van der Waals surface area contributed by atoms with Crippen LogP contribution in [0, 0.1) is 5.82 Å². The van der Waals surface area contributed by atoms with Gasteiger partial charge in [0.25, 0.3) is 5.91 Å². The molecule has 2 aromatic carbocycles. The maximum atomic E-state index is 13.5. The molecule has 8 nitrogen and oxygen atoms in total. The molecule has 9 heteroatoms. The number of hydrogen-bond acceptors (Lipinski definition) is 5. The average Bonchev–Trinajstić information content (AvgIpc) is 3.35. The third kappa shape index (κ3) is 6.16. The van der Waals surface area contributed by atoms with Crippen LogP contribution in [0.3, 0.4) is 0 Å². The summed E-state index contributed by atoms with van der Waals surface area (Å²) in [5.41, 5.74) is 2.81. The number of aromatic nitrogens is 1. The maximum absolute atomic E-state index is 13.5. The zero-order valence-electron chi connectivity index (χ0n) is 22.0. The van der Waals surface area contributed by atoms with Gasteiger partial charge in [0.05, 0.1) is 13.7 Å². The minimum Gasteiger partial charge on any atom is -0.497 e. The second-order valence-electron chi connectivity index (χ2n) is 10.1. The van der Waals surface area contributed by atoms with Gasteiger partial charge in [-0.3, -0.25) is 19.4 Å². The minimum absolute atomic E-state index is 0.155. The fourth-order valence-corrected chi connectivity index (χ4v) is 5.41. The van der Waals surface area contributed by atoms with Crippen LogP contribution in [-0.2, 0) is 11.2 Å². The Balaban J connectivity index is 1.01. The van der Waals surface area contributed by atoms with Crippen molar-refractivity contribution >= 4 is 22.7 Å². The smallest absolute Gasteiger partial charge is 0.254 e. The van der Waals surface area contributed by atoms with E-state index in [1.54, 1.807) is 24.1 Å². The molecule has 0 saturated carbocycles. The lowest BCUT2D eigenvalue weighted by Gasteiger charge is -2.38. The first kappa shape index (κ1) is 26.2. The Hall–Kier alpha value is -3.43. The van der Waals surface area contributed by atoms with Crippen molar-refractivity contribution in [3.8, 4) is 5.75 Å². The van der Waals surface area contributed by atoms with E-state index in [-0.39, 0.29) is 11.8 Å². The van der Waals surface area contributed by atoms with Crippen LogP contribution in [-0.4, -0.2) is 109 Å². The number of amides is 2. The molecule has 0 radical (unpaired) electrons. The van der Waals surface area contributed by atoms with Gasteiger partial charge in [0, 0.05) is 75.0 Å². The highest BCUT2D eigenvalue weighted by molar-refractivity contribution is 5.94. The summed E-state index contributed by atoms with van der Waals surface area (Å²) in [4.78, 5) is 37.2. The fraction of sp³-hybridized carbons (Fsp3) is 0.448. The summed E-state index contributed by atoms with van der Waals surface area (Å²) in [6, 6.07) is 11.9. The molecule has 1 N–H and O–H groups in total. The first-order chi connectivity index (χ1) is 18.5. The highest BCUT2D eigenvalue weighted by atomic mass is 19.1. The zero-order chi connectivity index (χ0) is 26.5. The van der Waals surface area contributed by atoms with E-state index < -0.39 is 5.82 Å². The van der Waals surface area contributed by atoms with Gasteiger partial charge >= 0.3 is 0 Å². The second kappa shape index (κ2) is 12.0. The Bertz CT molecular complexity index is 1260. The van der Waals surface area contributed by atoms with E-state index in [2.05, 4.69) is 33.1 Å². The standard InChI is InChI=1S/C29H36FN5O3/c1-38-25-7-8-27-26(19-25)23(20-31-27)5-3-9-32-10-14-34(15-11-32)28(36)21-33-12-16-35(17-13-33)29(37)22-4-2-6-24(30)18-22/h2,4,6-8,18-20,31H,3,5,9-17,21H2,1H3. The first-order valence-corrected chi connectivity index (χ1v) is 13.4. The summed E-state index contributed by atoms with van der Waals surface area (Å²) in [5, 5.41) is 1.22. The Kier molecular flexibility index (Phi) is 8.24. The number of aryl methyl sites for hydroxylation is 1. The van der Waals surface area contributed by atoms with E-state index in [0.29, 0.717) is 38.3 Å². The number of benzene rings is 2. The Morgan fingerprint density at radius 1 is 0.921 bits per heavy atom. The number of rotatable bonds is 8. The van der Waals surface area contributed by atoms with E-state index in [9.17, 15) is 14.0 Å². The van der Waals surface area contributed by atoms with E-state index >= 15 is 0 Å². The van der Waals surface area contributed by atoms with Gasteiger partial charge in [-0.15, -0.1) is 0 Å². The van der Waals surface area contributed by atoms with Gasteiger partial charge in [0.2, 0.25) is 5.91 Å². The van der Waals surface area contributed by atoms with Crippen molar-refractivity contribution < 1.29 is 18.7 Å². The molecule has 0 bridgehead atoms. The fourth-order valence-electron chi connectivity index (χ4n) is 5.41. The van der Waals surface area contributed by atoms with Crippen LogP contribution in [0.4, 0.5) is 4.39 Å². The molecule has 0 aliphatic carbocycles. The summed E-state index contributed by atoms with van der Waals surface area (Å²) in [6.45, 7) is 7.05. The van der Waals surface area contributed by atoms with Crippen LogP contribution in [0.1, 0.15) is 22.3 Å². The number of carbonyl (C=O) groups excluding carboxylic acids is 2. The van der Waals surface area contributed by atoms with Gasteiger partial charge in [-0.1, -0.05) is 6.07 Å². The van der Waals surface area contributed by atoms with E-state index in [1.165, 1.54) is 23.1 Å². The van der Waals surface area contributed by atoms with Gasteiger partial charge < -0.3 is 19.5 Å². The molecule has 38 heavy (non-hydrogen) atoms. The quantitative estimate of drug-likeness (QED) is 0.494. The molecular weight excluding hydrogens is 485 g/mol. The number of ether oxygens (including phenoxy) is 1. The molecule has 2 aliphatic heterocycles. The van der Waals surface area contributed by atoms with Crippen LogP contribution < -0.4 is 4.74 Å². The molecule has 0 atom stereocenters.